The summed E-state index contributed by atoms with van der Waals surface area (Å²) in [5.74, 6) is 0. The summed E-state index contributed by atoms with van der Waals surface area (Å²) in [4.78, 5) is 2.08. The highest BCUT2D eigenvalue weighted by Crippen LogP contribution is 2.23. The van der Waals surface area contributed by atoms with Gasteiger partial charge in [-0.3, -0.25) is 0 Å². The van der Waals surface area contributed by atoms with Crippen LogP contribution in [0, 0.1) is 0 Å². The van der Waals surface area contributed by atoms with Crippen LogP contribution in [0.2, 0.25) is 0 Å². The molecular weight excluding hydrogens is 268 g/mol. The number of rotatable bonds is 6. The number of hydrogen-bond acceptors (Lipinski definition) is 3. The number of likely N-dealkylation sites (N-methyl/N-ethyl adjacent to an activating group) is 1. The lowest BCUT2D eigenvalue weighted by Gasteiger charge is -2.19. The first-order chi connectivity index (χ1) is 7.65. The molecule has 1 atom stereocenters. The molecule has 0 aliphatic carbocycles. The maximum absolute atomic E-state index is 8.78. The van der Waals surface area contributed by atoms with Gasteiger partial charge in [0.25, 0.3) is 0 Å². The van der Waals surface area contributed by atoms with E-state index in [0.717, 1.165) is 23.0 Å². The standard InChI is InChI=1S/C12H19BrN2O/c1-15(8-9-16)7-6-12(14)10-4-2-3-5-11(10)13/h2-5,12,16H,6-9,14H2,1H3. The summed E-state index contributed by atoms with van der Waals surface area (Å²) in [6, 6.07) is 8.07. The van der Waals surface area contributed by atoms with Gasteiger partial charge in [0.1, 0.15) is 0 Å². The van der Waals surface area contributed by atoms with E-state index in [9.17, 15) is 0 Å². The van der Waals surface area contributed by atoms with Crippen LogP contribution < -0.4 is 5.73 Å². The second-order valence-electron chi connectivity index (χ2n) is 3.94. The summed E-state index contributed by atoms with van der Waals surface area (Å²) in [7, 11) is 1.99. The van der Waals surface area contributed by atoms with Gasteiger partial charge in [-0.05, 0) is 31.6 Å². The lowest BCUT2D eigenvalue weighted by atomic mass is 10.0. The molecule has 16 heavy (non-hydrogen) atoms. The van der Waals surface area contributed by atoms with Crippen molar-refractivity contribution in [2.45, 2.75) is 12.5 Å². The van der Waals surface area contributed by atoms with E-state index >= 15 is 0 Å². The number of benzene rings is 1. The summed E-state index contributed by atoms with van der Waals surface area (Å²) in [5.41, 5.74) is 7.26. The predicted molar refractivity (Wildman–Crippen MR) is 70.3 cm³/mol. The first kappa shape index (κ1) is 13.6. The zero-order valence-electron chi connectivity index (χ0n) is 9.56. The average Bonchev–Trinajstić information content (AvgIpc) is 2.27. The number of hydrogen-bond donors (Lipinski definition) is 2. The highest BCUT2D eigenvalue weighted by atomic mass is 79.9. The molecule has 1 rings (SSSR count). The molecule has 0 aliphatic rings. The number of aliphatic hydroxyl groups is 1. The van der Waals surface area contributed by atoms with E-state index in [1.54, 1.807) is 0 Å². The van der Waals surface area contributed by atoms with Gasteiger partial charge in [0, 0.05) is 17.1 Å². The molecule has 1 aromatic carbocycles. The van der Waals surface area contributed by atoms with E-state index in [4.69, 9.17) is 10.8 Å². The van der Waals surface area contributed by atoms with Crippen LogP contribution in [0.3, 0.4) is 0 Å². The Bertz CT molecular complexity index is 320. The largest absolute Gasteiger partial charge is 0.395 e. The molecule has 0 heterocycles. The van der Waals surface area contributed by atoms with Gasteiger partial charge in [-0.2, -0.15) is 0 Å². The zero-order valence-corrected chi connectivity index (χ0v) is 11.2. The Hall–Kier alpha value is -0.420. The lowest BCUT2D eigenvalue weighted by molar-refractivity contribution is 0.217. The van der Waals surface area contributed by atoms with Crippen molar-refractivity contribution in [1.82, 2.24) is 4.90 Å². The third-order valence-corrected chi connectivity index (χ3v) is 3.33. The fourth-order valence-corrected chi connectivity index (χ4v) is 2.15. The van der Waals surface area contributed by atoms with Gasteiger partial charge in [0.05, 0.1) is 6.61 Å². The van der Waals surface area contributed by atoms with Crippen LogP contribution in [0.5, 0.6) is 0 Å². The highest BCUT2D eigenvalue weighted by molar-refractivity contribution is 9.10. The minimum absolute atomic E-state index is 0.0386. The van der Waals surface area contributed by atoms with Crippen molar-refractivity contribution in [2.24, 2.45) is 5.73 Å². The van der Waals surface area contributed by atoms with E-state index in [0.29, 0.717) is 6.54 Å². The van der Waals surface area contributed by atoms with E-state index in [1.165, 1.54) is 0 Å². The van der Waals surface area contributed by atoms with Crippen molar-refractivity contribution in [3.63, 3.8) is 0 Å². The Kier molecular flexibility index (Phi) is 5.98. The van der Waals surface area contributed by atoms with Crippen molar-refractivity contribution < 1.29 is 5.11 Å². The van der Waals surface area contributed by atoms with E-state index < -0.39 is 0 Å². The Morgan fingerprint density at radius 3 is 2.69 bits per heavy atom. The van der Waals surface area contributed by atoms with Gasteiger partial charge in [-0.25, -0.2) is 0 Å². The van der Waals surface area contributed by atoms with Gasteiger partial charge < -0.3 is 15.7 Å². The summed E-state index contributed by atoms with van der Waals surface area (Å²) >= 11 is 3.50. The molecule has 3 nitrogen and oxygen atoms in total. The monoisotopic (exact) mass is 286 g/mol. The first-order valence-electron chi connectivity index (χ1n) is 5.44. The quantitative estimate of drug-likeness (QED) is 0.838. The fourth-order valence-electron chi connectivity index (χ4n) is 1.57. The van der Waals surface area contributed by atoms with Crippen LogP contribution in [0.25, 0.3) is 0 Å². The molecular formula is C12H19BrN2O. The molecule has 0 spiro atoms. The van der Waals surface area contributed by atoms with Gasteiger partial charge in [-0.15, -0.1) is 0 Å². The molecule has 1 aromatic rings. The Labute approximate surface area is 105 Å². The number of aliphatic hydroxyl groups excluding tert-OH is 1. The molecule has 0 aromatic heterocycles. The average molecular weight is 287 g/mol. The molecule has 0 fully saturated rings. The van der Waals surface area contributed by atoms with E-state index in [1.807, 2.05) is 31.3 Å². The molecule has 3 N–H and O–H groups in total. The molecule has 0 saturated carbocycles. The number of nitrogens with zero attached hydrogens (tertiary/aromatic N) is 1. The van der Waals surface area contributed by atoms with E-state index in [-0.39, 0.29) is 12.6 Å². The minimum atomic E-state index is 0.0386. The van der Waals surface area contributed by atoms with E-state index in [2.05, 4.69) is 20.8 Å². The minimum Gasteiger partial charge on any atom is -0.395 e. The summed E-state index contributed by atoms with van der Waals surface area (Å²) in [5, 5.41) is 8.78. The fraction of sp³-hybridized carbons (Fsp3) is 0.500. The normalized spacial score (nSPS) is 13.1. The number of halogens is 1. The van der Waals surface area contributed by atoms with Crippen molar-refractivity contribution in [2.75, 3.05) is 26.7 Å². The Balaban J connectivity index is 2.46. The van der Waals surface area contributed by atoms with Crippen molar-refractivity contribution in [3.8, 4) is 0 Å². The number of nitrogens with two attached hydrogens (primary N) is 1. The third-order valence-electron chi connectivity index (χ3n) is 2.61. The first-order valence-corrected chi connectivity index (χ1v) is 6.24. The second kappa shape index (κ2) is 7.01. The maximum Gasteiger partial charge on any atom is 0.0558 e. The van der Waals surface area contributed by atoms with Crippen LogP contribution in [0.4, 0.5) is 0 Å². The topological polar surface area (TPSA) is 49.5 Å². The second-order valence-corrected chi connectivity index (χ2v) is 4.80. The molecule has 1 unspecified atom stereocenters. The summed E-state index contributed by atoms with van der Waals surface area (Å²) in [6.07, 6.45) is 0.888. The van der Waals surface area contributed by atoms with Crippen LogP contribution in [-0.2, 0) is 0 Å². The van der Waals surface area contributed by atoms with Gasteiger partial charge in [0.15, 0.2) is 0 Å². The molecule has 0 aliphatic heterocycles. The smallest absolute Gasteiger partial charge is 0.0558 e. The predicted octanol–water partition coefficient (Wildman–Crippen LogP) is 1.76. The molecule has 0 amide bonds. The summed E-state index contributed by atoms with van der Waals surface area (Å²) < 4.78 is 1.06. The van der Waals surface area contributed by atoms with Gasteiger partial charge in [0.2, 0.25) is 0 Å². The highest BCUT2D eigenvalue weighted by Gasteiger charge is 2.09. The third kappa shape index (κ3) is 4.22. The zero-order chi connectivity index (χ0) is 12.0. The maximum atomic E-state index is 8.78. The Morgan fingerprint density at radius 2 is 2.06 bits per heavy atom. The molecule has 0 radical (unpaired) electrons. The van der Waals surface area contributed by atoms with Gasteiger partial charge in [-0.1, -0.05) is 34.1 Å². The summed E-state index contributed by atoms with van der Waals surface area (Å²) in [6.45, 7) is 1.78. The Morgan fingerprint density at radius 1 is 1.38 bits per heavy atom. The van der Waals surface area contributed by atoms with Crippen LogP contribution in [0.1, 0.15) is 18.0 Å². The van der Waals surface area contributed by atoms with Crippen molar-refractivity contribution >= 4 is 15.9 Å². The van der Waals surface area contributed by atoms with Crippen LogP contribution in [-0.4, -0.2) is 36.8 Å². The molecule has 0 bridgehead atoms. The lowest BCUT2D eigenvalue weighted by Crippen LogP contribution is -2.26. The van der Waals surface area contributed by atoms with Gasteiger partial charge >= 0.3 is 0 Å². The SMILES string of the molecule is CN(CCO)CCC(N)c1ccccc1Br. The van der Waals surface area contributed by atoms with Crippen molar-refractivity contribution in [3.05, 3.63) is 34.3 Å². The molecule has 4 heteroatoms. The molecule has 0 saturated heterocycles. The molecule has 90 valence electrons. The van der Waals surface area contributed by atoms with Crippen LogP contribution >= 0.6 is 15.9 Å². The van der Waals surface area contributed by atoms with Crippen molar-refractivity contribution in [1.29, 1.82) is 0 Å². The van der Waals surface area contributed by atoms with Crippen LogP contribution in [0.15, 0.2) is 28.7 Å².